The zero-order chi connectivity index (χ0) is 13.0. The molecule has 2 rings (SSSR count). The number of rotatable bonds is 5. The normalized spacial score (nSPS) is 27.6. The minimum Gasteiger partial charge on any atom is -0.341 e. The maximum atomic E-state index is 12.6. The van der Waals surface area contributed by atoms with Crippen molar-refractivity contribution < 1.29 is 4.79 Å². The van der Waals surface area contributed by atoms with Crippen LogP contribution in [0.25, 0.3) is 0 Å². The zero-order valence-corrected chi connectivity index (χ0v) is 13.2. The second-order valence-electron chi connectivity index (χ2n) is 5.96. The number of halogens is 1. The largest absolute Gasteiger partial charge is 0.341 e. The van der Waals surface area contributed by atoms with Crippen molar-refractivity contribution in [1.29, 1.82) is 0 Å². The number of hydrogen-bond donors (Lipinski definition) is 1. The molecule has 3 atom stereocenters. The molecule has 0 saturated carbocycles. The highest BCUT2D eigenvalue weighted by atomic mass is 35.5. The summed E-state index contributed by atoms with van der Waals surface area (Å²) in [5.74, 6) is 0.682. The maximum absolute atomic E-state index is 12.6. The summed E-state index contributed by atoms with van der Waals surface area (Å²) in [7, 11) is 0. The van der Waals surface area contributed by atoms with Gasteiger partial charge in [0.15, 0.2) is 0 Å². The third kappa shape index (κ3) is 4.35. The summed E-state index contributed by atoms with van der Waals surface area (Å²) in [5.41, 5.74) is 0. The van der Waals surface area contributed by atoms with Crippen LogP contribution in [0.1, 0.15) is 58.8 Å². The summed E-state index contributed by atoms with van der Waals surface area (Å²) in [6, 6.07) is 1.23. The van der Waals surface area contributed by atoms with Gasteiger partial charge in [0.25, 0.3) is 0 Å². The van der Waals surface area contributed by atoms with Gasteiger partial charge in [0.05, 0.1) is 0 Å². The highest BCUT2D eigenvalue weighted by molar-refractivity contribution is 5.85. The summed E-state index contributed by atoms with van der Waals surface area (Å²) in [6.07, 6.45) is 8.14. The molecule has 4 heteroatoms. The fourth-order valence-electron chi connectivity index (χ4n) is 3.35. The molecular formula is C15H29ClN2O. The zero-order valence-electron chi connectivity index (χ0n) is 12.4. The monoisotopic (exact) mass is 288 g/mol. The van der Waals surface area contributed by atoms with E-state index in [1.54, 1.807) is 0 Å². The summed E-state index contributed by atoms with van der Waals surface area (Å²) in [6.45, 7) is 6.26. The maximum Gasteiger partial charge on any atom is 0.225 e. The average molecular weight is 289 g/mol. The molecule has 3 unspecified atom stereocenters. The second-order valence-corrected chi connectivity index (χ2v) is 5.96. The SMILES string of the molecule is CCCCC(CC)C(=O)N1CCC2CCC(C1)N2.Cl. The Morgan fingerprint density at radius 2 is 2.00 bits per heavy atom. The lowest BCUT2D eigenvalue weighted by molar-refractivity contribution is -0.136. The number of unbranched alkanes of at least 4 members (excludes halogenated alkanes) is 1. The van der Waals surface area contributed by atoms with Gasteiger partial charge < -0.3 is 10.2 Å². The first-order valence-electron chi connectivity index (χ1n) is 7.79. The molecule has 2 heterocycles. The Kier molecular flexibility index (Phi) is 7.16. The Morgan fingerprint density at radius 1 is 1.26 bits per heavy atom. The number of fused-ring (bicyclic) bond motifs is 2. The van der Waals surface area contributed by atoms with Crippen molar-refractivity contribution in [2.75, 3.05) is 13.1 Å². The first kappa shape index (κ1) is 16.8. The highest BCUT2D eigenvalue weighted by Crippen LogP contribution is 2.23. The van der Waals surface area contributed by atoms with E-state index in [0.717, 1.165) is 32.4 Å². The third-order valence-corrected chi connectivity index (χ3v) is 4.58. The molecule has 0 aromatic heterocycles. The Labute approximate surface area is 123 Å². The van der Waals surface area contributed by atoms with Crippen LogP contribution in [-0.2, 0) is 4.79 Å². The Morgan fingerprint density at radius 3 is 2.68 bits per heavy atom. The van der Waals surface area contributed by atoms with E-state index in [2.05, 4.69) is 24.1 Å². The standard InChI is InChI=1S/C15H28N2O.ClH/c1-3-5-6-12(4-2)15(18)17-10-9-13-7-8-14(11-17)16-13;/h12-14,16H,3-11H2,1-2H3;1H. The predicted octanol–water partition coefficient (Wildman–Crippen LogP) is 2.98. The Balaban J connectivity index is 0.00000180. The van der Waals surface area contributed by atoms with Crippen molar-refractivity contribution in [3.63, 3.8) is 0 Å². The number of nitrogens with one attached hydrogen (secondary N) is 1. The summed E-state index contributed by atoms with van der Waals surface area (Å²) < 4.78 is 0. The van der Waals surface area contributed by atoms with Crippen molar-refractivity contribution in [3.8, 4) is 0 Å². The molecule has 1 amide bonds. The van der Waals surface area contributed by atoms with Crippen LogP contribution in [0.15, 0.2) is 0 Å². The number of nitrogens with zero attached hydrogens (tertiary/aromatic N) is 1. The molecule has 19 heavy (non-hydrogen) atoms. The lowest BCUT2D eigenvalue weighted by Crippen LogP contribution is -2.42. The van der Waals surface area contributed by atoms with Crippen molar-refractivity contribution in [2.45, 2.75) is 70.9 Å². The molecule has 0 aromatic carbocycles. The number of likely N-dealkylation sites (tertiary alicyclic amines) is 1. The van der Waals surface area contributed by atoms with Gasteiger partial charge in [-0.1, -0.05) is 26.7 Å². The van der Waals surface area contributed by atoms with Crippen LogP contribution in [0.2, 0.25) is 0 Å². The van der Waals surface area contributed by atoms with Crippen LogP contribution in [-0.4, -0.2) is 36.0 Å². The van der Waals surface area contributed by atoms with Crippen molar-refractivity contribution in [2.24, 2.45) is 5.92 Å². The molecule has 3 nitrogen and oxygen atoms in total. The molecule has 112 valence electrons. The van der Waals surface area contributed by atoms with Gasteiger partial charge in [-0.25, -0.2) is 0 Å². The fraction of sp³-hybridized carbons (Fsp3) is 0.933. The van der Waals surface area contributed by atoms with E-state index in [9.17, 15) is 4.79 Å². The minimum atomic E-state index is 0. The molecule has 2 bridgehead atoms. The molecule has 2 fully saturated rings. The molecule has 2 saturated heterocycles. The fourth-order valence-corrected chi connectivity index (χ4v) is 3.35. The van der Waals surface area contributed by atoms with Crippen LogP contribution >= 0.6 is 12.4 Å². The number of hydrogen-bond acceptors (Lipinski definition) is 2. The summed E-state index contributed by atoms with van der Waals surface area (Å²) >= 11 is 0. The molecule has 1 N–H and O–H groups in total. The van der Waals surface area contributed by atoms with Gasteiger partial charge in [0.2, 0.25) is 5.91 Å². The molecular weight excluding hydrogens is 260 g/mol. The van der Waals surface area contributed by atoms with E-state index in [-0.39, 0.29) is 18.3 Å². The lowest BCUT2D eigenvalue weighted by Gasteiger charge is -2.28. The lowest BCUT2D eigenvalue weighted by atomic mass is 9.97. The first-order chi connectivity index (χ1) is 8.74. The summed E-state index contributed by atoms with van der Waals surface area (Å²) in [5, 5.41) is 3.64. The van der Waals surface area contributed by atoms with Crippen molar-refractivity contribution in [3.05, 3.63) is 0 Å². The van der Waals surface area contributed by atoms with E-state index >= 15 is 0 Å². The quantitative estimate of drug-likeness (QED) is 0.843. The summed E-state index contributed by atoms with van der Waals surface area (Å²) in [4.78, 5) is 14.7. The Hall–Kier alpha value is -0.280. The van der Waals surface area contributed by atoms with Crippen molar-refractivity contribution in [1.82, 2.24) is 10.2 Å². The molecule has 0 aliphatic carbocycles. The smallest absolute Gasteiger partial charge is 0.225 e. The van der Waals surface area contributed by atoms with Gasteiger partial charge in [-0.3, -0.25) is 4.79 Å². The van der Waals surface area contributed by atoms with E-state index in [1.807, 2.05) is 0 Å². The van der Waals surface area contributed by atoms with E-state index < -0.39 is 0 Å². The van der Waals surface area contributed by atoms with Crippen LogP contribution < -0.4 is 5.32 Å². The van der Waals surface area contributed by atoms with Gasteiger partial charge in [-0.2, -0.15) is 0 Å². The van der Waals surface area contributed by atoms with Crippen LogP contribution in [0, 0.1) is 5.92 Å². The van der Waals surface area contributed by atoms with Gasteiger partial charge in [0, 0.05) is 31.1 Å². The third-order valence-electron chi connectivity index (χ3n) is 4.58. The van der Waals surface area contributed by atoms with Gasteiger partial charge in [-0.15, -0.1) is 12.4 Å². The molecule has 0 aromatic rings. The minimum absolute atomic E-state index is 0. The van der Waals surface area contributed by atoms with Gasteiger partial charge >= 0.3 is 0 Å². The Bertz CT molecular complexity index is 285. The number of amides is 1. The molecule has 2 aliphatic heterocycles. The van der Waals surface area contributed by atoms with E-state index in [0.29, 0.717) is 18.0 Å². The van der Waals surface area contributed by atoms with Crippen molar-refractivity contribution >= 4 is 18.3 Å². The highest BCUT2D eigenvalue weighted by Gasteiger charge is 2.32. The topological polar surface area (TPSA) is 32.3 Å². The van der Waals surface area contributed by atoms with Gasteiger partial charge in [0.1, 0.15) is 0 Å². The second kappa shape index (κ2) is 8.11. The van der Waals surface area contributed by atoms with E-state index in [4.69, 9.17) is 0 Å². The molecule has 0 spiro atoms. The predicted molar refractivity (Wildman–Crippen MR) is 81.7 cm³/mol. The number of carbonyl (C=O) groups excluding carboxylic acids is 1. The van der Waals surface area contributed by atoms with Crippen LogP contribution in [0.5, 0.6) is 0 Å². The first-order valence-corrected chi connectivity index (χ1v) is 7.79. The molecule has 0 radical (unpaired) electrons. The van der Waals surface area contributed by atoms with E-state index in [1.165, 1.54) is 25.7 Å². The molecule has 2 aliphatic rings. The van der Waals surface area contributed by atoms with Crippen LogP contribution in [0.4, 0.5) is 0 Å². The van der Waals surface area contributed by atoms with Gasteiger partial charge in [-0.05, 0) is 32.1 Å². The van der Waals surface area contributed by atoms with Crippen LogP contribution in [0.3, 0.4) is 0 Å². The average Bonchev–Trinajstić information content (AvgIpc) is 2.69. The number of carbonyl (C=O) groups is 1.